The molecule has 0 rings (SSSR count). The zero-order valence-electron chi connectivity index (χ0n) is 6.25. The van der Waals surface area contributed by atoms with Crippen LogP contribution in [0.15, 0.2) is 0 Å². The van der Waals surface area contributed by atoms with E-state index in [1.54, 1.807) is 0 Å². The van der Waals surface area contributed by atoms with Gasteiger partial charge in [-0.3, -0.25) is 10.1 Å². The van der Waals surface area contributed by atoms with Crippen molar-refractivity contribution in [1.29, 1.82) is 0 Å². The predicted octanol–water partition coefficient (Wildman–Crippen LogP) is -2.46. The molecule has 1 unspecified atom stereocenters. The molecule has 0 spiro atoms. The molecule has 7 nitrogen and oxygen atoms in total. The van der Waals surface area contributed by atoms with Crippen molar-refractivity contribution in [1.82, 2.24) is 0 Å². The SMILES string of the molecule is O=[N+]([O-])C(O)C(CO)(CO)CO. The van der Waals surface area contributed by atoms with E-state index in [0.717, 1.165) is 0 Å². The van der Waals surface area contributed by atoms with Gasteiger partial charge in [-0.1, -0.05) is 0 Å². The zero-order chi connectivity index (χ0) is 9.78. The maximum Gasteiger partial charge on any atom is 0.325 e. The van der Waals surface area contributed by atoms with Crippen molar-refractivity contribution in [2.75, 3.05) is 19.8 Å². The summed E-state index contributed by atoms with van der Waals surface area (Å²) in [5.41, 5.74) is -1.87. The van der Waals surface area contributed by atoms with Gasteiger partial charge in [0.2, 0.25) is 0 Å². The second-order valence-corrected chi connectivity index (χ2v) is 2.50. The fourth-order valence-electron chi connectivity index (χ4n) is 0.619. The van der Waals surface area contributed by atoms with E-state index in [2.05, 4.69) is 0 Å². The third-order valence-corrected chi connectivity index (χ3v) is 1.69. The van der Waals surface area contributed by atoms with Crippen LogP contribution in [0.5, 0.6) is 0 Å². The Balaban J connectivity index is 4.58. The highest BCUT2D eigenvalue weighted by Crippen LogP contribution is 2.20. The van der Waals surface area contributed by atoms with Crippen LogP contribution in [-0.2, 0) is 0 Å². The second-order valence-electron chi connectivity index (χ2n) is 2.50. The van der Waals surface area contributed by atoms with Crippen LogP contribution in [0.4, 0.5) is 0 Å². The van der Waals surface area contributed by atoms with Crippen LogP contribution in [0.2, 0.25) is 0 Å². The summed E-state index contributed by atoms with van der Waals surface area (Å²) < 4.78 is 0. The Bertz CT molecular complexity index is 148. The molecule has 0 saturated heterocycles. The van der Waals surface area contributed by atoms with E-state index in [9.17, 15) is 10.1 Å². The topological polar surface area (TPSA) is 124 Å². The highest BCUT2D eigenvalue weighted by Gasteiger charge is 2.45. The monoisotopic (exact) mass is 181 g/mol. The molecule has 7 heteroatoms. The van der Waals surface area contributed by atoms with Crippen LogP contribution in [0, 0.1) is 15.5 Å². The zero-order valence-corrected chi connectivity index (χ0v) is 6.25. The van der Waals surface area contributed by atoms with Gasteiger partial charge in [0.25, 0.3) is 0 Å². The largest absolute Gasteiger partial charge is 0.395 e. The fourth-order valence-corrected chi connectivity index (χ4v) is 0.619. The second kappa shape index (κ2) is 4.31. The maximum absolute atomic E-state index is 10.0. The van der Waals surface area contributed by atoms with E-state index >= 15 is 0 Å². The predicted molar refractivity (Wildman–Crippen MR) is 36.7 cm³/mol. The molecule has 0 bridgehead atoms. The van der Waals surface area contributed by atoms with Gasteiger partial charge in [0.1, 0.15) is 5.41 Å². The van der Waals surface area contributed by atoms with Gasteiger partial charge >= 0.3 is 6.23 Å². The summed E-state index contributed by atoms with van der Waals surface area (Å²) >= 11 is 0. The molecular weight excluding hydrogens is 170 g/mol. The molecule has 0 fully saturated rings. The lowest BCUT2D eigenvalue weighted by Crippen LogP contribution is -2.49. The smallest absolute Gasteiger partial charge is 0.325 e. The van der Waals surface area contributed by atoms with E-state index in [1.807, 2.05) is 0 Å². The van der Waals surface area contributed by atoms with Crippen molar-refractivity contribution in [3.05, 3.63) is 10.1 Å². The quantitative estimate of drug-likeness (QED) is 0.212. The van der Waals surface area contributed by atoms with Crippen LogP contribution in [-0.4, -0.2) is 51.4 Å². The van der Waals surface area contributed by atoms with Gasteiger partial charge in [0.15, 0.2) is 0 Å². The Hall–Kier alpha value is -0.760. The molecule has 0 aliphatic carbocycles. The Labute approximate surface area is 68.0 Å². The summed E-state index contributed by atoms with van der Waals surface area (Å²) in [5.74, 6) is 0. The van der Waals surface area contributed by atoms with Crippen LogP contribution >= 0.6 is 0 Å². The van der Waals surface area contributed by atoms with E-state index in [1.165, 1.54) is 0 Å². The van der Waals surface area contributed by atoms with Crippen LogP contribution < -0.4 is 0 Å². The minimum Gasteiger partial charge on any atom is -0.395 e. The summed E-state index contributed by atoms with van der Waals surface area (Å²) in [7, 11) is 0. The number of nitrogens with zero attached hydrogens (tertiary/aromatic N) is 1. The highest BCUT2D eigenvalue weighted by molar-refractivity contribution is 4.79. The average molecular weight is 181 g/mol. The van der Waals surface area contributed by atoms with Crippen LogP contribution in [0.3, 0.4) is 0 Å². The number of aliphatic hydroxyl groups is 4. The third kappa shape index (κ3) is 1.89. The van der Waals surface area contributed by atoms with Crippen molar-refractivity contribution in [3.8, 4) is 0 Å². The van der Waals surface area contributed by atoms with E-state index in [-0.39, 0.29) is 0 Å². The van der Waals surface area contributed by atoms with Gasteiger partial charge < -0.3 is 20.4 Å². The Morgan fingerprint density at radius 2 is 1.58 bits per heavy atom. The number of hydrogen-bond donors (Lipinski definition) is 4. The van der Waals surface area contributed by atoms with E-state index in [4.69, 9.17) is 20.4 Å². The minimum atomic E-state index is -2.17. The first-order valence-electron chi connectivity index (χ1n) is 3.18. The molecule has 0 aromatic rings. The van der Waals surface area contributed by atoms with Crippen molar-refractivity contribution < 1.29 is 25.3 Å². The summed E-state index contributed by atoms with van der Waals surface area (Å²) in [6.45, 7) is -2.58. The highest BCUT2D eigenvalue weighted by atomic mass is 16.7. The molecule has 0 amide bonds. The van der Waals surface area contributed by atoms with Gasteiger partial charge in [0, 0.05) is 0 Å². The number of hydrogen-bond acceptors (Lipinski definition) is 6. The van der Waals surface area contributed by atoms with Crippen molar-refractivity contribution in [2.24, 2.45) is 5.41 Å². The molecule has 12 heavy (non-hydrogen) atoms. The molecule has 0 saturated carbocycles. The van der Waals surface area contributed by atoms with Gasteiger partial charge in [-0.15, -0.1) is 0 Å². The Morgan fingerprint density at radius 3 is 1.67 bits per heavy atom. The van der Waals surface area contributed by atoms with Crippen molar-refractivity contribution >= 4 is 0 Å². The number of nitro groups is 1. The lowest BCUT2D eigenvalue weighted by atomic mass is 9.89. The molecule has 1 atom stereocenters. The van der Waals surface area contributed by atoms with Crippen LogP contribution in [0.1, 0.15) is 0 Å². The molecule has 0 radical (unpaired) electrons. The number of aliphatic hydroxyl groups excluding tert-OH is 4. The number of rotatable bonds is 5. The molecule has 0 aliphatic heterocycles. The first-order valence-corrected chi connectivity index (χ1v) is 3.18. The van der Waals surface area contributed by atoms with E-state index < -0.39 is 36.4 Å². The first-order chi connectivity index (χ1) is 5.54. The average Bonchev–Trinajstić information content (AvgIpc) is 2.08. The van der Waals surface area contributed by atoms with Crippen molar-refractivity contribution in [2.45, 2.75) is 6.23 Å². The fraction of sp³-hybridized carbons (Fsp3) is 1.00. The molecule has 0 aliphatic rings. The maximum atomic E-state index is 10.0. The van der Waals surface area contributed by atoms with Crippen molar-refractivity contribution in [3.63, 3.8) is 0 Å². The lowest BCUT2D eigenvalue weighted by Gasteiger charge is -2.25. The molecule has 72 valence electrons. The lowest BCUT2D eigenvalue weighted by molar-refractivity contribution is -0.595. The van der Waals surface area contributed by atoms with Gasteiger partial charge in [-0.05, 0) is 0 Å². The standard InChI is InChI=1S/C5H11NO6/c7-1-5(2-8,3-9)4(10)6(11)12/h4,7-10H,1-3H2. The Morgan fingerprint density at radius 1 is 1.25 bits per heavy atom. The first kappa shape index (κ1) is 11.2. The molecule has 0 heterocycles. The molecule has 0 aromatic heterocycles. The van der Waals surface area contributed by atoms with Gasteiger partial charge in [-0.2, -0.15) is 0 Å². The van der Waals surface area contributed by atoms with Gasteiger partial charge in [0.05, 0.1) is 24.7 Å². The Kier molecular flexibility index (Phi) is 4.04. The summed E-state index contributed by atoms with van der Waals surface area (Å²) in [6.07, 6.45) is -2.17. The van der Waals surface area contributed by atoms with E-state index in [0.29, 0.717) is 0 Å². The van der Waals surface area contributed by atoms with Crippen LogP contribution in [0.25, 0.3) is 0 Å². The third-order valence-electron chi connectivity index (χ3n) is 1.69. The van der Waals surface area contributed by atoms with Gasteiger partial charge in [-0.25, -0.2) is 0 Å². The molecular formula is C5H11NO6. The molecule has 4 N–H and O–H groups in total. The normalized spacial score (nSPS) is 14.3. The summed E-state index contributed by atoms with van der Waals surface area (Å²) in [6, 6.07) is 0. The summed E-state index contributed by atoms with van der Waals surface area (Å²) in [4.78, 5) is 8.96. The molecule has 0 aromatic carbocycles. The summed E-state index contributed by atoms with van der Waals surface area (Å²) in [5, 5.41) is 44.7. The minimum absolute atomic E-state index is 0.859.